The van der Waals surface area contributed by atoms with Gasteiger partial charge in [-0.1, -0.05) is 15.9 Å². The highest BCUT2D eigenvalue weighted by Gasteiger charge is 2.20. The Hall–Kier alpha value is -0.740. The molecule has 1 rings (SSSR count). The zero-order valence-electron chi connectivity index (χ0n) is 9.18. The summed E-state index contributed by atoms with van der Waals surface area (Å²) >= 11 is 9.41. The van der Waals surface area contributed by atoms with Crippen molar-refractivity contribution >= 4 is 39.1 Å². The topological polar surface area (TPSA) is 69.1 Å². The Bertz CT molecular complexity index is 427. The van der Waals surface area contributed by atoms with Crippen LogP contribution >= 0.6 is 27.5 Å². The summed E-state index contributed by atoms with van der Waals surface area (Å²) in [5, 5.41) is 0. The predicted molar refractivity (Wildman–Crippen MR) is 70.7 cm³/mol. The van der Waals surface area contributed by atoms with Crippen LogP contribution in [0.3, 0.4) is 0 Å². The largest absolute Gasteiger partial charge is 0.398 e. The van der Waals surface area contributed by atoms with Crippen LogP contribution < -0.4 is 11.5 Å². The Morgan fingerprint density at radius 3 is 2.50 bits per heavy atom. The molecule has 0 aliphatic heterocycles. The van der Waals surface area contributed by atoms with Crippen molar-refractivity contribution in [2.75, 3.05) is 5.73 Å². The van der Waals surface area contributed by atoms with Gasteiger partial charge in [0.1, 0.15) is 0 Å². The molecule has 0 spiro atoms. The molecule has 0 aromatic heterocycles. The molecule has 0 radical (unpaired) electrons. The number of hydrogen-bond donors (Lipinski definition) is 2. The van der Waals surface area contributed by atoms with Crippen molar-refractivity contribution in [1.82, 2.24) is 0 Å². The molecular formula is C11H14BrClN2O. The van der Waals surface area contributed by atoms with E-state index in [0.29, 0.717) is 23.2 Å². The molecule has 3 nitrogen and oxygen atoms in total. The smallest absolute Gasteiger partial charge is 0.249 e. The third-order valence-corrected chi connectivity index (χ3v) is 2.70. The fraction of sp³-hybridized carbons (Fsp3) is 0.364. The minimum Gasteiger partial charge on any atom is -0.398 e. The number of hydrogen-bond acceptors (Lipinski definition) is 2. The van der Waals surface area contributed by atoms with Crippen molar-refractivity contribution in [2.45, 2.75) is 25.1 Å². The van der Waals surface area contributed by atoms with Crippen LogP contribution in [0.5, 0.6) is 0 Å². The number of alkyl halides is 1. The zero-order chi connectivity index (χ0) is 12.5. The summed E-state index contributed by atoms with van der Waals surface area (Å²) in [4.78, 5) is 10.8. The number of halogens is 2. The summed E-state index contributed by atoms with van der Waals surface area (Å²) in [6, 6.07) is 3.40. The van der Waals surface area contributed by atoms with Gasteiger partial charge in [0.05, 0.1) is 0 Å². The standard InChI is InChI=1S/C11H14BrClN2O/c1-11(2,13)5-8-7(10(15)16)3-6(12)4-9(8)14/h3-4H,5,14H2,1-2H3,(H2,15,16). The maximum absolute atomic E-state index is 11.3. The number of anilines is 1. The minimum absolute atomic E-state index is 0.417. The van der Waals surface area contributed by atoms with Gasteiger partial charge in [-0.3, -0.25) is 4.79 Å². The van der Waals surface area contributed by atoms with E-state index in [4.69, 9.17) is 23.1 Å². The average molecular weight is 306 g/mol. The fourth-order valence-corrected chi connectivity index (χ4v) is 2.10. The Morgan fingerprint density at radius 1 is 1.50 bits per heavy atom. The van der Waals surface area contributed by atoms with Crippen LogP contribution in [0, 0.1) is 0 Å². The van der Waals surface area contributed by atoms with Crippen LogP contribution in [0.25, 0.3) is 0 Å². The molecule has 0 atom stereocenters. The summed E-state index contributed by atoms with van der Waals surface area (Å²) in [7, 11) is 0. The first-order valence-electron chi connectivity index (χ1n) is 4.77. The number of carbonyl (C=O) groups excluding carboxylic acids is 1. The number of carbonyl (C=O) groups is 1. The van der Waals surface area contributed by atoms with Crippen LogP contribution in [0.2, 0.25) is 0 Å². The molecule has 0 aliphatic rings. The van der Waals surface area contributed by atoms with E-state index in [0.717, 1.165) is 4.47 Å². The highest BCUT2D eigenvalue weighted by Crippen LogP contribution is 2.29. The van der Waals surface area contributed by atoms with Crippen molar-refractivity contribution < 1.29 is 4.79 Å². The van der Waals surface area contributed by atoms with Crippen LogP contribution in [-0.4, -0.2) is 10.8 Å². The number of amides is 1. The average Bonchev–Trinajstić information content (AvgIpc) is 2.07. The second-order valence-corrected chi connectivity index (χ2v) is 6.22. The van der Waals surface area contributed by atoms with Gasteiger partial charge in [-0.2, -0.15) is 0 Å². The third-order valence-electron chi connectivity index (χ3n) is 2.11. The van der Waals surface area contributed by atoms with Crippen LogP contribution in [0.15, 0.2) is 16.6 Å². The molecule has 0 saturated heterocycles. The van der Waals surface area contributed by atoms with E-state index in [1.807, 2.05) is 13.8 Å². The number of rotatable bonds is 3. The van der Waals surface area contributed by atoms with Gasteiger partial charge in [0.2, 0.25) is 5.91 Å². The Morgan fingerprint density at radius 2 is 2.06 bits per heavy atom. The molecular weight excluding hydrogens is 291 g/mol. The van der Waals surface area contributed by atoms with E-state index < -0.39 is 10.8 Å². The lowest BCUT2D eigenvalue weighted by molar-refractivity contribution is 0.0999. The number of nitrogen functional groups attached to an aromatic ring is 1. The van der Waals surface area contributed by atoms with Crippen molar-refractivity contribution in [1.29, 1.82) is 0 Å². The molecule has 0 bridgehead atoms. The lowest BCUT2D eigenvalue weighted by Crippen LogP contribution is -2.21. The van der Waals surface area contributed by atoms with E-state index in [1.165, 1.54) is 0 Å². The van der Waals surface area contributed by atoms with E-state index in [1.54, 1.807) is 12.1 Å². The number of benzene rings is 1. The van der Waals surface area contributed by atoms with E-state index >= 15 is 0 Å². The quantitative estimate of drug-likeness (QED) is 0.666. The van der Waals surface area contributed by atoms with Gasteiger partial charge in [0, 0.05) is 20.6 Å². The van der Waals surface area contributed by atoms with Gasteiger partial charge in [0.15, 0.2) is 0 Å². The Kier molecular flexibility index (Phi) is 3.86. The van der Waals surface area contributed by atoms with Crippen LogP contribution in [0.4, 0.5) is 5.69 Å². The van der Waals surface area contributed by atoms with E-state index in [-0.39, 0.29) is 0 Å². The highest BCUT2D eigenvalue weighted by molar-refractivity contribution is 9.10. The van der Waals surface area contributed by atoms with Gasteiger partial charge in [0.25, 0.3) is 0 Å². The summed E-state index contributed by atoms with van der Waals surface area (Å²) < 4.78 is 0.731. The predicted octanol–water partition coefficient (Wildman–Crippen LogP) is 2.69. The molecule has 1 aromatic carbocycles. The summed E-state index contributed by atoms with van der Waals surface area (Å²) in [6.07, 6.45) is 0.492. The van der Waals surface area contributed by atoms with Crippen molar-refractivity contribution in [3.05, 3.63) is 27.7 Å². The monoisotopic (exact) mass is 304 g/mol. The second kappa shape index (κ2) is 4.63. The lowest BCUT2D eigenvalue weighted by Gasteiger charge is -2.19. The molecule has 88 valence electrons. The van der Waals surface area contributed by atoms with E-state index in [9.17, 15) is 4.79 Å². The lowest BCUT2D eigenvalue weighted by atomic mass is 9.95. The zero-order valence-corrected chi connectivity index (χ0v) is 11.5. The maximum Gasteiger partial charge on any atom is 0.249 e. The summed E-state index contributed by atoms with van der Waals surface area (Å²) in [5.41, 5.74) is 12.8. The SMILES string of the molecule is CC(C)(Cl)Cc1c(N)cc(Br)cc1C(N)=O. The molecule has 1 amide bonds. The molecule has 0 saturated carbocycles. The van der Waals surface area contributed by atoms with Crippen molar-refractivity contribution in [3.8, 4) is 0 Å². The van der Waals surface area contributed by atoms with E-state index in [2.05, 4.69) is 15.9 Å². The number of primary amides is 1. The first-order valence-corrected chi connectivity index (χ1v) is 5.94. The van der Waals surface area contributed by atoms with Gasteiger partial charge >= 0.3 is 0 Å². The minimum atomic E-state index is -0.496. The van der Waals surface area contributed by atoms with Gasteiger partial charge < -0.3 is 11.5 Å². The van der Waals surface area contributed by atoms with Crippen LogP contribution in [-0.2, 0) is 6.42 Å². The van der Waals surface area contributed by atoms with Gasteiger partial charge in [-0.25, -0.2) is 0 Å². The van der Waals surface area contributed by atoms with Crippen LogP contribution in [0.1, 0.15) is 29.8 Å². The first-order chi connectivity index (χ1) is 7.20. The third kappa shape index (κ3) is 3.39. The highest BCUT2D eigenvalue weighted by atomic mass is 79.9. The molecule has 16 heavy (non-hydrogen) atoms. The van der Waals surface area contributed by atoms with Crippen molar-refractivity contribution in [3.63, 3.8) is 0 Å². The molecule has 1 aromatic rings. The normalized spacial score (nSPS) is 11.5. The molecule has 0 heterocycles. The fourth-order valence-electron chi connectivity index (χ4n) is 1.50. The van der Waals surface area contributed by atoms with Gasteiger partial charge in [-0.05, 0) is 38.0 Å². The molecule has 0 unspecified atom stereocenters. The van der Waals surface area contributed by atoms with Gasteiger partial charge in [-0.15, -0.1) is 11.6 Å². The summed E-state index contributed by atoms with van der Waals surface area (Å²) in [6.45, 7) is 3.72. The molecule has 5 heteroatoms. The second-order valence-electron chi connectivity index (χ2n) is 4.28. The Balaban J connectivity index is 3.30. The maximum atomic E-state index is 11.3. The molecule has 0 fully saturated rings. The Labute approximate surface area is 108 Å². The molecule has 4 N–H and O–H groups in total. The van der Waals surface area contributed by atoms with Crippen molar-refractivity contribution in [2.24, 2.45) is 5.73 Å². The number of nitrogens with two attached hydrogens (primary N) is 2. The summed E-state index contributed by atoms with van der Waals surface area (Å²) in [5.74, 6) is -0.496. The molecule has 0 aliphatic carbocycles. The first kappa shape index (κ1) is 13.3.